The molecule has 0 radical (unpaired) electrons. The predicted molar refractivity (Wildman–Crippen MR) is 78.4 cm³/mol. The molecule has 0 amide bonds. The van der Waals surface area contributed by atoms with Gasteiger partial charge < -0.3 is 10.2 Å². The summed E-state index contributed by atoms with van der Waals surface area (Å²) < 4.78 is 0. The van der Waals surface area contributed by atoms with E-state index < -0.39 is 0 Å². The third-order valence-electron chi connectivity index (χ3n) is 3.18. The molecule has 0 fully saturated rings. The van der Waals surface area contributed by atoms with Crippen LogP contribution in [0.4, 0.5) is 11.4 Å². The minimum Gasteiger partial charge on any atom is -0.344 e. The molecule has 2 heteroatoms. The van der Waals surface area contributed by atoms with Crippen molar-refractivity contribution in [3.63, 3.8) is 0 Å². The van der Waals surface area contributed by atoms with Crippen LogP contribution in [0.25, 0.3) is 0 Å². The highest BCUT2D eigenvalue weighted by Crippen LogP contribution is 2.26. The highest BCUT2D eigenvalue weighted by molar-refractivity contribution is 5.65. The predicted octanol–water partition coefficient (Wildman–Crippen LogP) is 3.48. The zero-order chi connectivity index (χ0) is 13.0. The zero-order valence-electron chi connectivity index (χ0n) is 11.3. The molecule has 0 aliphatic carbocycles. The summed E-state index contributed by atoms with van der Waals surface area (Å²) in [5, 5.41) is 3.16. The van der Waals surface area contributed by atoms with Gasteiger partial charge in [-0.1, -0.05) is 30.3 Å². The van der Waals surface area contributed by atoms with Crippen LogP contribution >= 0.6 is 0 Å². The van der Waals surface area contributed by atoms with E-state index in [0.29, 0.717) is 0 Å². The smallest absolute Gasteiger partial charge is 0.0437 e. The Hall–Kier alpha value is -1.80. The Morgan fingerprint density at radius 2 is 1.67 bits per heavy atom. The van der Waals surface area contributed by atoms with E-state index in [0.717, 1.165) is 6.54 Å². The van der Waals surface area contributed by atoms with Crippen LogP contribution in [0.1, 0.15) is 11.1 Å². The summed E-state index contributed by atoms with van der Waals surface area (Å²) in [6.07, 6.45) is 0. The van der Waals surface area contributed by atoms with Crippen LogP contribution in [0.15, 0.2) is 48.5 Å². The molecule has 0 unspecified atom stereocenters. The molecule has 0 bridgehead atoms. The van der Waals surface area contributed by atoms with Crippen molar-refractivity contribution in [3.05, 3.63) is 59.7 Å². The molecule has 1 N–H and O–H groups in total. The monoisotopic (exact) mass is 240 g/mol. The van der Waals surface area contributed by atoms with Crippen molar-refractivity contribution in [2.24, 2.45) is 0 Å². The molecule has 0 saturated heterocycles. The van der Waals surface area contributed by atoms with Gasteiger partial charge in [-0.15, -0.1) is 0 Å². The summed E-state index contributed by atoms with van der Waals surface area (Å²) in [5.41, 5.74) is 5.06. The van der Waals surface area contributed by atoms with Gasteiger partial charge in [0.15, 0.2) is 0 Å². The van der Waals surface area contributed by atoms with E-state index in [1.807, 2.05) is 7.05 Å². The quantitative estimate of drug-likeness (QED) is 0.880. The third kappa shape index (κ3) is 2.71. The van der Waals surface area contributed by atoms with Crippen LogP contribution in [-0.2, 0) is 6.54 Å². The van der Waals surface area contributed by atoms with E-state index in [2.05, 4.69) is 72.7 Å². The van der Waals surface area contributed by atoms with E-state index in [4.69, 9.17) is 0 Å². The van der Waals surface area contributed by atoms with Crippen molar-refractivity contribution in [3.8, 4) is 0 Å². The number of hydrogen-bond donors (Lipinski definition) is 1. The maximum Gasteiger partial charge on any atom is 0.0437 e. The van der Waals surface area contributed by atoms with Gasteiger partial charge in [-0.2, -0.15) is 0 Å². The van der Waals surface area contributed by atoms with Crippen molar-refractivity contribution >= 4 is 11.4 Å². The summed E-state index contributed by atoms with van der Waals surface area (Å²) in [6.45, 7) is 3.05. The number of hydrogen-bond acceptors (Lipinski definition) is 2. The van der Waals surface area contributed by atoms with Gasteiger partial charge in [0.25, 0.3) is 0 Å². The van der Waals surface area contributed by atoms with Gasteiger partial charge in [0.05, 0.1) is 0 Å². The Morgan fingerprint density at radius 3 is 2.28 bits per heavy atom. The SMILES string of the molecule is CNCc1ccc(N(C)c2ccccc2C)cc1. The molecule has 0 saturated carbocycles. The molecule has 2 rings (SSSR count). The van der Waals surface area contributed by atoms with E-state index in [1.165, 1.54) is 22.5 Å². The number of para-hydroxylation sites is 1. The Labute approximate surface area is 109 Å². The second-order valence-electron chi connectivity index (χ2n) is 4.54. The van der Waals surface area contributed by atoms with Crippen LogP contribution in [0.2, 0.25) is 0 Å². The normalized spacial score (nSPS) is 10.4. The molecule has 2 nitrogen and oxygen atoms in total. The molecule has 2 aromatic rings. The fourth-order valence-corrected chi connectivity index (χ4v) is 2.12. The van der Waals surface area contributed by atoms with Gasteiger partial charge >= 0.3 is 0 Å². The molecule has 0 spiro atoms. The van der Waals surface area contributed by atoms with Gasteiger partial charge in [0.2, 0.25) is 0 Å². The lowest BCUT2D eigenvalue weighted by Crippen LogP contribution is -2.11. The highest BCUT2D eigenvalue weighted by Gasteiger charge is 2.05. The summed E-state index contributed by atoms with van der Waals surface area (Å²) in [7, 11) is 4.07. The fourth-order valence-electron chi connectivity index (χ4n) is 2.12. The van der Waals surface area contributed by atoms with Gasteiger partial charge in [-0.25, -0.2) is 0 Å². The number of rotatable bonds is 4. The number of aryl methyl sites for hydroxylation is 1. The fraction of sp³-hybridized carbons (Fsp3) is 0.250. The van der Waals surface area contributed by atoms with Gasteiger partial charge in [0, 0.05) is 25.0 Å². The standard InChI is InChI=1S/C16H20N2/c1-13-6-4-5-7-16(13)18(3)15-10-8-14(9-11-15)12-17-2/h4-11,17H,12H2,1-3H3. The number of nitrogens with zero attached hydrogens (tertiary/aromatic N) is 1. The first-order valence-electron chi connectivity index (χ1n) is 6.25. The summed E-state index contributed by atoms with van der Waals surface area (Å²) in [6, 6.07) is 17.1. The van der Waals surface area contributed by atoms with Crippen molar-refractivity contribution < 1.29 is 0 Å². The summed E-state index contributed by atoms with van der Waals surface area (Å²) in [5.74, 6) is 0. The first kappa shape index (κ1) is 12.7. The molecular formula is C16H20N2. The average molecular weight is 240 g/mol. The van der Waals surface area contributed by atoms with Crippen LogP contribution < -0.4 is 10.2 Å². The lowest BCUT2D eigenvalue weighted by Gasteiger charge is -2.21. The lowest BCUT2D eigenvalue weighted by molar-refractivity contribution is 0.818. The number of anilines is 2. The Balaban J connectivity index is 2.23. The van der Waals surface area contributed by atoms with E-state index in [9.17, 15) is 0 Å². The lowest BCUT2D eigenvalue weighted by atomic mass is 10.1. The van der Waals surface area contributed by atoms with E-state index in [1.54, 1.807) is 0 Å². The number of benzene rings is 2. The van der Waals surface area contributed by atoms with Crippen LogP contribution in [0.5, 0.6) is 0 Å². The average Bonchev–Trinajstić information content (AvgIpc) is 2.40. The largest absolute Gasteiger partial charge is 0.344 e. The second kappa shape index (κ2) is 5.69. The van der Waals surface area contributed by atoms with Gasteiger partial charge in [-0.05, 0) is 43.3 Å². The summed E-state index contributed by atoms with van der Waals surface area (Å²) in [4.78, 5) is 2.22. The van der Waals surface area contributed by atoms with Crippen molar-refractivity contribution in [1.29, 1.82) is 0 Å². The summed E-state index contributed by atoms with van der Waals surface area (Å²) >= 11 is 0. The minimum atomic E-state index is 0.911. The molecule has 18 heavy (non-hydrogen) atoms. The van der Waals surface area contributed by atoms with Crippen LogP contribution in [-0.4, -0.2) is 14.1 Å². The maximum absolute atomic E-state index is 3.16. The molecule has 0 atom stereocenters. The molecule has 2 aromatic carbocycles. The molecule has 0 aliphatic heterocycles. The third-order valence-corrected chi connectivity index (χ3v) is 3.18. The zero-order valence-corrected chi connectivity index (χ0v) is 11.3. The van der Waals surface area contributed by atoms with Crippen molar-refractivity contribution in [1.82, 2.24) is 5.32 Å². The second-order valence-corrected chi connectivity index (χ2v) is 4.54. The van der Waals surface area contributed by atoms with E-state index >= 15 is 0 Å². The van der Waals surface area contributed by atoms with Crippen LogP contribution in [0.3, 0.4) is 0 Å². The van der Waals surface area contributed by atoms with Crippen molar-refractivity contribution in [2.75, 3.05) is 19.0 Å². The Bertz CT molecular complexity index is 503. The molecular weight excluding hydrogens is 220 g/mol. The first-order valence-corrected chi connectivity index (χ1v) is 6.25. The maximum atomic E-state index is 3.16. The van der Waals surface area contributed by atoms with Crippen LogP contribution in [0, 0.1) is 6.92 Å². The molecule has 0 aromatic heterocycles. The van der Waals surface area contributed by atoms with E-state index in [-0.39, 0.29) is 0 Å². The molecule has 0 aliphatic rings. The minimum absolute atomic E-state index is 0.911. The first-order chi connectivity index (χ1) is 8.72. The van der Waals surface area contributed by atoms with Crippen molar-refractivity contribution in [2.45, 2.75) is 13.5 Å². The topological polar surface area (TPSA) is 15.3 Å². The Kier molecular flexibility index (Phi) is 4.00. The highest BCUT2D eigenvalue weighted by atomic mass is 15.1. The molecule has 0 heterocycles. The number of nitrogens with one attached hydrogen (secondary N) is 1. The van der Waals surface area contributed by atoms with Gasteiger partial charge in [-0.3, -0.25) is 0 Å². The molecule has 94 valence electrons. The van der Waals surface area contributed by atoms with Gasteiger partial charge in [0.1, 0.15) is 0 Å². The Morgan fingerprint density at radius 1 is 1.00 bits per heavy atom.